The maximum Gasteiger partial charge on any atom is 0.321 e. The number of para-hydroxylation sites is 1. The molecule has 1 aromatic rings. The number of aliphatic carboxylic acids is 1. The molecule has 116 valence electrons. The Bertz CT molecular complexity index is 482. The first kappa shape index (κ1) is 16.1. The molecule has 6 heteroatoms. The van der Waals surface area contributed by atoms with E-state index in [4.69, 9.17) is 9.84 Å². The van der Waals surface area contributed by atoms with Crippen LogP contribution < -0.4 is 10.1 Å². The first-order valence-corrected chi connectivity index (χ1v) is 8.09. The van der Waals surface area contributed by atoms with E-state index in [0.29, 0.717) is 12.4 Å². The summed E-state index contributed by atoms with van der Waals surface area (Å²) >= 11 is 1.61. The van der Waals surface area contributed by atoms with Crippen molar-refractivity contribution in [2.45, 2.75) is 17.8 Å². The smallest absolute Gasteiger partial charge is 0.321 e. The molecule has 2 atom stereocenters. The highest BCUT2D eigenvalue weighted by molar-refractivity contribution is 7.99. The SMILES string of the molecule is CN(C)CCCOc1ccccc1C1NC(C(=O)O)CS1. The molecule has 0 saturated carbocycles. The van der Waals surface area contributed by atoms with Crippen LogP contribution in [0.5, 0.6) is 5.75 Å². The number of rotatable bonds is 7. The minimum Gasteiger partial charge on any atom is -0.493 e. The van der Waals surface area contributed by atoms with Crippen molar-refractivity contribution in [1.82, 2.24) is 10.2 Å². The first-order chi connectivity index (χ1) is 10.1. The predicted molar refractivity (Wildman–Crippen MR) is 84.9 cm³/mol. The van der Waals surface area contributed by atoms with Gasteiger partial charge in [0.2, 0.25) is 0 Å². The largest absolute Gasteiger partial charge is 0.493 e. The van der Waals surface area contributed by atoms with Gasteiger partial charge in [-0.15, -0.1) is 11.8 Å². The number of hydrogen-bond donors (Lipinski definition) is 2. The Labute approximate surface area is 129 Å². The van der Waals surface area contributed by atoms with Crippen molar-refractivity contribution in [2.24, 2.45) is 0 Å². The van der Waals surface area contributed by atoms with Crippen LogP contribution in [0, 0.1) is 0 Å². The Hall–Kier alpha value is -1.24. The number of benzene rings is 1. The van der Waals surface area contributed by atoms with Gasteiger partial charge in [-0.05, 0) is 26.6 Å². The molecule has 2 unspecified atom stereocenters. The van der Waals surface area contributed by atoms with E-state index in [-0.39, 0.29) is 5.37 Å². The van der Waals surface area contributed by atoms with Gasteiger partial charge >= 0.3 is 5.97 Å². The molecule has 1 saturated heterocycles. The van der Waals surface area contributed by atoms with Gasteiger partial charge in [0.05, 0.1) is 12.0 Å². The number of ether oxygens (including phenoxy) is 1. The molecule has 1 heterocycles. The molecule has 0 amide bonds. The fourth-order valence-electron chi connectivity index (χ4n) is 2.19. The van der Waals surface area contributed by atoms with E-state index in [2.05, 4.69) is 10.2 Å². The lowest BCUT2D eigenvalue weighted by atomic mass is 10.2. The molecule has 0 aromatic heterocycles. The lowest BCUT2D eigenvalue weighted by Gasteiger charge is -2.17. The molecule has 0 radical (unpaired) electrons. The lowest BCUT2D eigenvalue weighted by Crippen LogP contribution is -2.33. The normalized spacial score (nSPS) is 21.7. The first-order valence-electron chi connectivity index (χ1n) is 7.05. The summed E-state index contributed by atoms with van der Waals surface area (Å²) in [6, 6.07) is 7.36. The van der Waals surface area contributed by atoms with Crippen molar-refractivity contribution in [1.29, 1.82) is 0 Å². The average molecular weight is 310 g/mol. The molecule has 2 rings (SSSR count). The summed E-state index contributed by atoms with van der Waals surface area (Å²) in [6.45, 7) is 1.65. The third-order valence-corrected chi connectivity index (χ3v) is 4.54. The van der Waals surface area contributed by atoms with Crippen molar-refractivity contribution in [3.8, 4) is 5.75 Å². The Kier molecular flexibility index (Phi) is 5.90. The molecular weight excluding hydrogens is 288 g/mol. The number of carboxylic acid groups (broad SMARTS) is 1. The van der Waals surface area contributed by atoms with E-state index in [1.807, 2.05) is 38.4 Å². The van der Waals surface area contributed by atoms with E-state index in [0.717, 1.165) is 24.3 Å². The molecular formula is C15H22N2O3S. The second kappa shape index (κ2) is 7.68. The highest BCUT2D eigenvalue weighted by atomic mass is 32.2. The second-order valence-electron chi connectivity index (χ2n) is 5.31. The van der Waals surface area contributed by atoms with E-state index < -0.39 is 12.0 Å². The highest BCUT2D eigenvalue weighted by Gasteiger charge is 2.31. The number of carbonyl (C=O) groups is 1. The number of carboxylic acids is 1. The van der Waals surface area contributed by atoms with Gasteiger partial charge in [-0.25, -0.2) is 0 Å². The van der Waals surface area contributed by atoms with Gasteiger partial charge in [0.25, 0.3) is 0 Å². The zero-order chi connectivity index (χ0) is 15.2. The van der Waals surface area contributed by atoms with Crippen LogP contribution >= 0.6 is 11.8 Å². The predicted octanol–water partition coefficient (Wildman–Crippen LogP) is 1.81. The summed E-state index contributed by atoms with van der Waals surface area (Å²) in [5.74, 6) is 0.622. The molecule has 21 heavy (non-hydrogen) atoms. The van der Waals surface area contributed by atoms with Gasteiger partial charge in [0.1, 0.15) is 11.8 Å². The average Bonchev–Trinajstić information content (AvgIpc) is 2.93. The summed E-state index contributed by atoms with van der Waals surface area (Å²) < 4.78 is 5.87. The standard InChI is InChI=1S/C15H22N2O3S/c1-17(2)8-5-9-20-13-7-4-3-6-11(13)14-16-12(10-21-14)15(18)19/h3-4,6-7,12,14,16H,5,8-10H2,1-2H3,(H,18,19). The van der Waals surface area contributed by atoms with Crippen LogP contribution in [0.4, 0.5) is 0 Å². The maximum absolute atomic E-state index is 11.0. The van der Waals surface area contributed by atoms with Crippen molar-refractivity contribution in [3.63, 3.8) is 0 Å². The molecule has 1 aromatic carbocycles. The number of nitrogens with zero attached hydrogens (tertiary/aromatic N) is 1. The van der Waals surface area contributed by atoms with E-state index in [1.54, 1.807) is 11.8 Å². The molecule has 1 fully saturated rings. The molecule has 2 N–H and O–H groups in total. The Morgan fingerprint density at radius 3 is 2.90 bits per heavy atom. The Morgan fingerprint density at radius 1 is 1.48 bits per heavy atom. The quantitative estimate of drug-likeness (QED) is 0.749. The number of nitrogens with one attached hydrogen (secondary N) is 1. The topological polar surface area (TPSA) is 61.8 Å². The number of hydrogen-bond acceptors (Lipinski definition) is 5. The van der Waals surface area contributed by atoms with Gasteiger partial charge in [0.15, 0.2) is 0 Å². The summed E-state index contributed by atoms with van der Waals surface area (Å²) in [4.78, 5) is 13.2. The molecule has 0 bridgehead atoms. The maximum atomic E-state index is 11.0. The van der Waals surface area contributed by atoms with Crippen LogP contribution in [0.2, 0.25) is 0 Å². The van der Waals surface area contributed by atoms with Gasteiger partial charge < -0.3 is 14.7 Å². The number of thioether (sulfide) groups is 1. The molecule has 0 spiro atoms. The zero-order valence-electron chi connectivity index (χ0n) is 12.4. The van der Waals surface area contributed by atoms with Crippen molar-refractivity contribution >= 4 is 17.7 Å². The summed E-state index contributed by atoms with van der Waals surface area (Å²) in [5.41, 5.74) is 1.02. The van der Waals surface area contributed by atoms with Gasteiger partial charge in [-0.2, -0.15) is 0 Å². The van der Waals surface area contributed by atoms with E-state index in [1.165, 1.54) is 0 Å². The van der Waals surface area contributed by atoms with Gasteiger partial charge in [-0.3, -0.25) is 10.1 Å². The molecule has 1 aliphatic heterocycles. The van der Waals surface area contributed by atoms with Crippen LogP contribution in [-0.4, -0.2) is 55.0 Å². The zero-order valence-corrected chi connectivity index (χ0v) is 13.2. The van der Waals surface area contributed by atoms with Crippen LogP contribution in [0.25, 0.3) is 0 Å². The minimum atomic E-state index is -0.797. The summed E-state index contributed by atoms with van der Waals surface area (Å²) in [5, 5.41) is 12.2. The fraction of sp³-hybridized carbons (Fsp3) is 0.533. The minimum absolute atomic E-state index is 0.0175. The summed E-state index contributed by atoms with van der Waals surface area (Å²) in [7, 11) is 4.08. The van der Waals surface area contributed by atoms with Crippen LogP contribution in [0.3, 0.4) is 0 Å². The van der Waals surface area contributed by atoms with Crippen molar-refractivity contribution in [3.05, 3.63) is 29.8 Å². The van der Waals surface area contributed by atoms with Gasteiger partial charge in [-0.1, -0.05) is 18.2 Å². The van der Waals surface area contributed by atoms with E-state index >= 15 is 0 Å². The molecule has 5 nitrogen and oxygen atoms in total. The van der Waals surface area contributed by atoms with Crippen molar-refractivity contribution < 1.29 is 14.6 Å². The summed E-state index contributed by atoms with van der Waals surface area (Å²) in [6.07, 6.45) is 0.963. The monoisotopic (exact) mass is 310 g/mol. The van der Waals surface area contributed by atoms with Crippen LogP contribution in [0.15, 0.2) is 24.3 Å². The van der Waals surface area contributed by atoms with Crippen LogP contribution in [-0.2, 0) is 4.79 Å². The lowest BCUT2D eigenvalue weighted by molar-refractivity contribution is -0.138. The highest BCUT2D eigenvalue weighted by Crippen LogP contribution is 2.37. The van der Waals surface area contributed by atoms with E-state index in [9.17, 15) is 4.79 Å². The third kappa shape index (κ3) is 4.62. The Balaban J connectivity index is 1.95. The van der Waals surface area contributed by atoms with Crippen molar-refractivity contribution in [2.75, 3.05) is 33.0 Å². The molecule has 1 aliphatic rings. The third-order valence-electron chi connectivity index (χ3n) is 3.29. The van der Waals surface area contributed by atoms with Gasteiger partial charge in [0, 0.05) is 17.9 Å². The van der Waals surface area contributed by atoms with Crippen LogP contribution in [0.1, 0.15) is 17.4 Å². The Morgan fingerprint density at radius 2 is 2.24 bits per heavy atom. The second-order valence-corrected chi connectivity index (χ2v) is 6.45. The fourth-order valence-corrected chi connectivity index (χ4v) is 3.44. The molecule has 0 aliphatic carbocycles.